The Balaban J connectivity index is 1.81. The van der Waals surface area contributed by atoms with Crippen LogP contribution in [0, 0.1) is 0 Å². The zero-order valence-corrected chi connectivity index (χ0v) is 11.7. The van der Waals surface area contributed by atoms with Crippen LogP contribution in [0.2, 0.25) is 0 Å². The van der Waals surface area contributed by atoms with Crippen molar-refractivity contribution < 1.29 is 0 Å². The van der Waals surface area contributed by atoms with Crippen LogP contribution in [0.4, 0.5) is 22.7 Å². The molecule has 0 spiro atoms. The molecule has 3 heteroatoms. The van der Waals surface area contributed by atoms with Crippen molar-refractivity contribution in [3.05, 3.63) is 84.9 Å². The van der Waals surface area contributed by atoms with Crippen LogP contribution in [0.3, 0.4) is 0 Å². The summed E-state index contributed by atoms with van der Waals surface area (Å²) in [5.74, 6) is 0. The molecule has 1 aliphatic heterocycles. The van der Waals surface area contributed by atoms with Crippen molar-refractivity contribution in [1.82, 2.24) is 0 Å². The lowest BCUT2D eigenvalue weighted by atomic mass is 10.0. The number of anilines is 4. The lowest BCUT2D eigenvalue weighted by Gasteiger charge is -2.20. The van der Waals surface area contributed by atoms with Crippen LogP contribution in [-0.2, 0) is 0 Å². The first-order valence-corrected chi connectivity index (χ1v) is 7.18. The van der Waals surface area contributed by atoms with Crippen molar-refractivity contribution in [2.45, 2.75) is 0 Å². The van der Waals surface area contributed by atoms with Crippen LogP contribution in [0.25, 0.3) is 0 Å². The topological polar surface area (TPSA) is 6.48 Å². The van der Waals surface area contributed by atoms with Gasteiger partial charge in [0.2, 0.25) is 0 Å². The summed E-state index contributed by atoms with van der Waals surface area (Å²) in [5, 5.41) is 0. The third kappa shape index (κ3) is 2.07. The molecule has 0 aromatic heterocycles. The molecule has 0 atom stereocenters. The van der Waals surface area contributed by atoms with Crippen LogP contribution in [0.15, 0.2) is 84.9 Å². The normalized spacial score (nSPS) is 13.0. The average Bonchev–Trinajstić information content (AvgIpc) is 2.96. The molecule has 1 aliphatic rings. The van der Waals surface area contributed by atoms with Crippen molar-refractivity contribution in [2.24, 2.45) is 0 Å². The van der Waals surface area contributed by atoms with Crippen molar-refractivity contribution >= 4 is 30.3 Å². The SMILES string of the molecule is B1N(c2ccccc2)c2ccccc2N1c1ccccc1. The van der Waals surface area contributed by atoms with Gasteiger partial charge in [0, 0.05) is 11.4 Å². The van der Waals surface area contributed by atoms with E-state index in [0.29, 0.717) is 0 Å². The van der Waals surface area contributed by atoms with Crippen LogP contribution in [0.1, 0.15) is 0 Å². The summed E-state index contributed by atoms with van der Waals surface area (Å²) in [5.41, 5.74) is 4.96. The lowest BCUT2D eigenvalue weighted by Crippen LogP contribution is -2.28. The van der Waals surface area contributed by atoms with Gasteiger partial charge in [-0.3, -0.25) is 0 Å². The fourth-order valence-electron chi connectivity index (χ4n) is 2.87. The summed E-state index contributed by atoms with van der Waals surface area (Å²) in [6, 6.07) is 29.7. The molecule has 2 nitrogen and oxygen atoms in total. The molecule has 4 rings (SSSR count). The number of nitrogens with zero attached hydrogens (tertiary/aromatic N) is 2. The molecule has 100 valence electrons. The van der Waals surface area contributed by atoms with Crippen LogP contribution >= 0.6 is 0 Å². The van der Waals surface area contributed by atoms with E-state index < -0.39 is 0 Å². The van der Waals surface area contributed by atoms with Gasteiger partial charge in [-0.05, 0) is 36.4 Å². The molecule has 0 radical (unpaired) electrons. The van der Waals surface area contributed by atoms with E-state index in [1.807, 2.05) is 0 Å². The number of benzene rings is 3. The number of hydrogen-bond donors (Lipinski definition) is 0. The second-order valence-electron chi connectivity index (χ2n) is 5.16. The summed E-state index contributed by atoms with van der Waals surface area (Å²) in [4.78, 5) is 4.70. The molecule has 1 heterocycles. The monoisotopic (exact) mass is 270 g/mol. The van der Waals surface area contributed by atoms with Crippen LogP contribution < -0.4 is 9.62 Å². The van der Waals surface area contributed by atoms with Gasteiger partial charge in [0.25, 0.3) is 0 Å². The number of hydrogen-bond acceptors (Lipinski definition) is 2. The fraction of sp³-hybridized carbons (Fsp3) is 0. The maximum atomic E-state index is 2.35. The number of rotatable bonds is 2. The Morgan fingerprint density at radius 1 is 0.476 bits per heavy atom. The Hall–Kier alpha value is -2.68. The predicted molar refractivity (Wildman–Crippen MR) is 90.8 cm³/mol. The van der Waals surface area contributed by atoms with Gasteiger partial charge in [-0.1, -0.05) is 48.5 Å². The third-order valence-corrected chi connectivity index (χ3v) is 3.88. The van der Waals surface area contributed by atoms with E-state index in [0.717, 1.165) is 7.55 Å². The summed E-state index contributed by atoms with van der Waals surface area (Å²) in [6.07, 6.45) is 0. The first-order valence-electron chi connectivity index (χ1n) is 7.18. The molecule has 0 saturated carbocycles. The smallest absolute Gasteiger partial charge is 0.366 e. The van der Waals surface area contributed by atoms with Gasteiger partial charge >= 0.3 is 7.55 Å². The van der Waals surface area contributed by atoms with Gasteiger partial charge in [-0.25, -0.2) is 0 Å². The molecule has 3 aromatic carbocycles. The van der Waals surface area contributed by atoms with E-state index >= 15 is 0 Å². The Labute approximate surface area is 125 Å². The maximum absolute atomic E-state index is 2.35. The molecule has 21 heavy (non-hydrogen) atoms. The molecule has 0 unspecified atom stereocenters. The molecule has 0 amide bonds. The highest BCUT2D eigenvalue weighted by Crippen LogP contribution is 2.42. The first-order chi connectivity index (χ1) is 10.4. The fourth-order valence-corrected chi connectivity index (χ4v) is 2.87. The molecule has 3 aromatic rings. The van der Waals surface area contributed by atoms with E-state index in [4.69, 9.17) is 0 Å². The Kier molecular flexibility index (Phi) is 2.89. The lowest BCUT2D eigenvalue weighted by molar-refractivity contribution is 1.43. The van der Waals surface area contributed by atoms with E-state index in [9.17, 15) is 0 Å². The molecule has 0 fully saturated rings. The average molecular weight is 270 g/mol. The van der Waals surface area contributed by atoms with Crippen molar-refractivity contribution in [1.29, 1.82) is 0 Å². The molecule has 0 N–H and O–H groups in total. The van der Waals surface area contributed by atoms with Crippen molar-refractivity contribution in [3.8, 4) is 0 Å². The molecular weight excluding hydrogens is 255 g/mol. The summed E-state index contributed by atoms with van der Waals surface area (Å²) >= 11 is 0. The van der Waals surface area contributed by atoms with E-state index in [2.05, 4.69) is 94.6 Å². The van der Waals surface area contributed by atoms with Crippen molar-refractivity contribution in [3.63, 3.8) is 0 Å². The van der Waals surface area contributed by atoms with Gasteiger partial charge in [-0.15, -0.1) is 0 Å². The zero-order valence-electron chi connectivity index (χ0n) is 11.7. The zero-order chi connectivity index (χ0) is 14.1. The van der Waals surface area contributed by atoms with E-state index in [1.54, 1.807) is 0 Å². The van der Waals surface area contributed by atoms with Crippen molar-refractivity contribution in [2.75, 3.05) is 9.62 Å². The van der Waals surface area contributed by atoms with Gasteiger partial charge in [0.05, 0.1) is 11.4 Å². The highest BCUT2D eigenvalue weighted by Gasteiger charge is 2.28. The third-order valence-electron chi connectivity index (χ3n) is 3.88. The minimum atomic E-state index is 0.841. The minimum Gasteiger partial charge on any atom is -0.367 e. The van der Waals surface area contributed by atoms with Crippen LogP contribution in [0.5, 0.6) is 0 Å². The molecule has 0 aliphatic carbocycles. The highest BCUT2D eigenvalue weighted by atomic mass is 15.3. The highest BCUT2D eigenvalue weighted by molar-refractivity contribution is 6.55. The van der Waals surface area contributed by atoms with Gasteiger partial charge in [-0.2, -0.15) is 0 Å². The minimum absolute atomic E-state index is 0.841. The quantitative estimate of drug-likeness (QED) is 0.642. The second-order valence-corrected chi connectivity index (χ2v) is 5.16. The molecule has 0 saturated heterocycles. The summed E-state index contributed by atoms with van der Waals surface area (Å²) in [6.45, 7) is 0. The molecular formula is C18H15BN2. The second kappa shape index (κ2) is 5.02. The van der Waals surface area contributed by atoms with Gasteiger partial charge in [0.15, 0.2) is 0 Å². The predicted octanol–water partition coefficient (Wildman–Crippen LogP) is 4.24. The van der Waals surface area contributed by atoms with E-state index in [1.165, 1.54) is 22.7 Å². The Morgan fingerprint density at radius 3 is 1.29 bits per heavy atom. The first kappa shape index (κ1) is 12.1. The molecule has 0 bridgehead atoms. The van der Waals surface area contributed by atoms with Gasteiger partial charge < -0.3 is 9.62 Å². The number of para-hydroxylation sites is 4. The maximum Gasteiger partial charge on any atom is 0.366 e. The summed E-state index contributed by atoms with van der Waals surface area (Å²) < 4.78 is 0. The summed E-state index contributed by atoms with van der Waals surface area (Å²) in [7, 11) is 0.841. The standard InChI is InChI=1S/C18H15BN2/c1-3-9-15(10-4-1)20-17-13-7-8-14-18(17)21(19-20)16-11-5-2-6-12-16/h1-14,19H. The Morgan fingerprint density at radius 2 is 0.857 bits per heavy atom. The van der Waals surface area contributed by atoms with Gasteiger partial charge in [0.1, 0.15) is 0 Å². The largest absolute Gasteiger partial charge is 0.367 e. The Bertz CT molecular complexity index is 679. The number of fused-ring (bicyclic) bond motifs is 1. The van der Waals surface area contributed by atoms with E-state index in [-0.39, 0.29) is 0 Å². The van der Waals surface area contributed by atoms with Crippen LogP contribution in [-0.4, -0.2) is 7.55 Å².